The van der Waals surface area contributed by atoms with Crippen molar-refractivity contribution in [3.63, 3.8) is 0 Å². The highest BCUT2D eigenvalue weighted by molar-refractivity contribution is 5.94. The van der Waals surface area contributed by atoms with Crippen molar-refractivity contribution in [1.82, 2.24) is 5.32 Å². The van der Waals surface area contributed by atoms with Crippen molar-refractivity contribution >= 4 is 5.91 Å². The molecule has 1 aromatic rings. The summed E-state index contributed by atoms with van der Waals surface area (Å²) in [6.45, 7) is 0.511. The largest absolute Gasteiger partial charge is 0.472 e. The first kappa shape index (κ1) is 10.2. The molecule has 0 bridgehead atoms. The fourth-order valence-electron chi connectivity index (χ4n) is 2.14. The average molecular weight is 208 g/mol. The highest BCUT2D eigenvalue weighted by Gasteiger charge is 2.34. The standard InChI is InChI=1S/C11H16N2O2/c12-8-11(4-1-2-5-11)13-10(14)9-3-6-15-7-9/h3,6-7H,1-2,4-5,8,12H2,(H,13,14). The van der Waals surface area contributed by atoms with Crippen LogP contribution in [-0.4, -0.2) is 18.0 Å². The molecule has 1 aliphatic rings. The van der Waals surface area contributed by atoms with Crippen LogP contribution in [0, 0.1) is 0 Å². The number of nitrogens with one attached hydrogen (secondary N) is 1. The summed E-state index contributed by atoms with van der Waals surface area (Å²) in [4.78, 5) is 11.8. The molecule has 3 N–H and O–H groups in total. The second kappa shape index (κ2) is 4.06. The Morgan fingerprint density at radius 2 is 2.27 bits per heavy atom. The summed E-state index contributed by atoms with van der Waals surface area (Å²) in [6, 6.07) is 1.66. The molecule has 0 radical (unpaired) electrons. The van der Waals surface area contributed by atoms with Gasteiger partial charge in [0.2, 0.25) is 0 Å². The predicted molar refractivity (Wildman–Crippen MR) is 56.4 cm³/mol. The number of rotatable bonds is 3. The molecule has 0 saturated heterocycles. The van der Waals surface area contributed by atoms with E-state index in [1.807, 2.05) is 0 Å². The number of nitrogens with two attached hydrogens (primary N) is 1. The third kappa shape index (κ3) is 2.04. The Kier molecular flexibility index (Phi) is 2.77. The van der Waals surface area contributed by atoms with Gasteiger partial charge >= 0.3 is 0 Å². The van der Waals surface area contributed by atoms with Gasteiger partial charge in [0.15, 0.2) is 0 Å². The van der Waals surface area contributed by atoms with Gasteiger partial charge in [0.25, 0.3) is 5.91 Å². The molecule has 0 aliphatic heterocycles. The number of hydrogen-bond acceptors (Lipinski definition) is 3. The molecule has 1 amide bonds. The number of furan rings is 1. The van der Waals surface area contributed by atoms with Crippen LogP contribution in [0.1, 0.15) is 36.0 Å². The van der Waals surface area contributed by atoms with Crippen molar-refractivity contribution in [3.8, 4) is 0 Å². The summed E-state index contributed by atoms with van der Waals surface area (Å²) in [5, 5.41) is 3.02. The topological polar surface area (TPSA) is 68.3 Å². The van der Waals surface area contributed by atoms with Crippen molar-refractivity contribution in [2.45, 2.75) is 31.2 Å². The minimum absolute atomic E-state index is 0.0869. The lowest BCUT2D eigenvalue weighted by Crippen LogP contribution is -2.51. The fraction of sp³-hybridized carbons (Fsp3) is 0.545. The molecule has 1 fully saturated rings. The normalized spacial score (nSPS) is 19.0. The molecule has 1 aromatic heterocycles. The highest BCUT2D eigenvalue weighted by atomic mass is 16.3. The summed E-state index contributed by atoms with van der Waals surface area (Å²) in [7, 11) is 0. The number of hydrogen-bond donors (Lipinski definition) is 2. The molecule has 2 rings (SSSR count). The van der Waals surface area contributed by atoms with Crippen LogP contribution in [0.2, 0.25) is 0 Å². The molecule has 1 heterocycles. The van der Waals surface area contributed by atoms with Gasteiger partial charge in [0.1, 0.15) is 6.26 Å². The lowest BCUT2D eigenvalue weighted by molar-refractivity contribution is 0.0902. The van der Waals surface area contributed by atoms with Crippen molar-refractivity contribution < 1.29 is 9.21 Å². The first-order valence-corrected chi connectivity index (χ1v) is 5.31. The average Bonchev–Trinajstić information content (AvgIpc) is 2.88. The zero-order chi connectivity index (χ0) is 10.7. The van der Waals surface area contributed by atoms with E-state index < -0.39 is 0 Å². The smallest absolute Gasteiger partial charge is 0.255 e. The van der Waals surface area contributed by atoms with Gasteiger partial charge in [-0.15, -0.1) is 0 Å². The number of carbonyl (C=O) groups is 1. The monoisotopic (exact) mass is 208 g/mol. The molecular formula is C11H16N2O2. The van der Waals surface area contributed by atoms with Crippen molar-refractivity contribution in [3.05, 3.63) is 24.2 Å². The molecule has 0 atom stereocenters. The second-order valence-corrected chi connectivity index (χ2v) is 4.16. The minimum atomic E-state index is -0.186. The SMILES string of the molecule is NCC1(NC(=O)c2ccoc2)CCCC1. The van der Waals surface area contributed by atoms with Crippen LogP contribution >= 0.6 is 0 Å². The Labute approximate surface area is 88.8 Å². The molecule has 0 spiro atoms. The van der Waals surface area contributed by atoms with Gasteiger partial charge in [-0.25, -0.2) is 0 Å². The molecule has 4 nitrogen and oxygen atoms in total. The molecule has 1 aliphatic carbocycles. The third-order valence-electron chi connectivity index (χ3n) is 3.11. The fourth-order valence-corrected chi connectivity index (χ4v) is 2.14. The van der Waals surface area contributed by atoms with E-state index in [1.165, 1.54) is 12.5 Å². The molecule has 4 heteroatoms. The lowest BCUT2D eigenvalue weighted by Gasteiger charge is -2.28. The van der Waals surface area contributed by atoms with Gasteiger partial charge < -0.3 is 15.5 Å². The number of carbonyl (C=O) groups excluding carboxylic acids is 1. The van der Waals surface area contributed by atoms with Crippen LogP contribution in [0.15, 0.2) is 23.0 Å². The number of amides is 1. The maximum absolute atomic E-state index is 11.8. The molecule has 1 saturated carbocycles. The first-order chi connectivity index (χ1) is 7.26. The van der Waals surface area contributed by atoms with E-state index in [0.29, 0.717) is 12.1 Å². The van der Waals surface area contributed by atoms with Gasteiger partial charge in [0.05, 0.1) is 17.4 Å². The zero-order valence-corrected chi connectivity index (χ0v) is 8.66. The van der Waals surface area contributed by atoms with Crippen LogP contribution in [0.5, 0.6) is 0 Å². The highest BCUT2D eigenvalue weighted by Crippen LogP contribution is 2.28. The van der Waals surface area contributed by atoms with Crippen LogP contribution in [-0.2, 0) is 0 Å². The van der Waals surface area contributed by atoms with Gasteiger partial charge in [-0.3, -0.25) is 4.79 Å². The Balaban J connectivity index is 2.04. The van der Waals surface area contributed by atoms with E-state index in [1.54, 1.807) is 6.07 Å². The Hall–Kier alpha value is -1.29. The molecule has 15 heavy (non-hydrogen) atoms. The van der Waals surface area contributed by atoms with Crippen molar-refractivity contribution in [2.24, 2.45) is 5.73 Å². The van der Waals surface area contributed by atoms with E-state index in [0.717, 1.165) is 25.7 Å². The van der Waals surface area contributed by atoms with Crippen LogP contribution < -0.4 is 11.1 Å². The molecule has 82 valence electrons. The van der Waals surface area contributed by atoms with Gasteiger partial charge in [-0.1, -0.05) is 12.8 Å². The molecular weight excluding hydrogens is 192 g/mol. The van der Waals surface area contributed by atoms with Gasteiger partial charge in [0, 0.05) is 6.54 Å². The van der Waals surface area contributed by atoms with Crippen LogP contribution in [0.3, 0.4) is 0 Å². The Bertz CT molecular complexity index is 326. The lowest BCUT2D eigenvalue weighted by atomic mass is 9.97. The van der Waals surface area contributed by atoms with E-state index in [4.69, 9.17) is 10.2 Å². The zero-order valence-electron chi connectivity index (χ0n) is 8.66. The minimum Gasteiger partial charge on any atom is -0.472 e. The van der Waals surface area contributed by atoms with E-state index in [-0.39, 0.29) is 11.4 Å². The summed E-state index contributed by atoms with van der Waals surface area (Å²) >= 11 is 0. The first-order valence-electron chi connectivity index (χ1n) is 5.31. The Morgan fingerprint density at radius 3 is 2.80 bits per heavy atom. The van der Waals surface area contributed by atoms with Crippen molar-refractivity contribution in [1.29, 1.82) is 0 Å². The maximum Gasteiger partial charge on any atom is 0.255 e. The maximum atomic E-state index is 11.8. The second-order valence-electron chi connectivity index (χ2n) is 4.16. The van der Waals surface area contributed by atoms with E-state index >= 15 is 0 Å². The Morgan fingerprint density at radius 1 is 1.53 bits per heavy atom. The van der Waals surface area contributed by atoms with E-state index in [9.17, 15) is 4.79 Å². The summed E-state index contributed by atoms with van der Waals surface area (Å²) in [6.07, 6.45) is 7.19. The van der Waals surface area contributed by atoms with Crippen LogP contribution in [0.25, 0.3) is 0 Å². The summed E-state index contributed by atoms with van der Waals surface area (Å²) in [5.41, 5.74) is 6.11. The molecule has 0 aromatic carbocycles. The quantitative estimate of drug-likeness (QED) is 0.786. The van der Waals surface area contributed by atoms with Gasteiger partial charge in [-0.2, -0.15) is 0 Å². The molecule has 0 unspecified atom stereocenters. The van der Waals surface area contributed by atoms with Crippen molar-refractivity contribution in [2.75, 3.05) is 6.54 Å². The summed E-state index contributed by atoms with van der Waals surface area (Å²) in [5.74, 6) is -0.0869. The van der Waals surface area contributed by atoms with E-state index in [2.05, 4.69) is 5.32 Å². The third-order valence-corrected chi connectivity index (χ3v) is 3.11. The predicted octanol–water partition coefficient (Wildman–Crippen LogP) is 1.28. The summed E-state index contributed by atoms with van der Waals surface area (Å²) < 4.78 is 4.87. The van der Waals surface area contributed by atoms with Gasteiger partial charge in [-0.05, 0) is 18.9 Å². The van der Waals surface area contributed by atoms with Crippen LogP contribution in [0.4, 0.5) is 0 Å².